The van der Waals surface area contributed by atoms with Gasteiger partial charge in [0, 0.05) is 12.4 Å². The van der Waals surface area contributed by atoms with E-state index in [2.05, 4.69) is 4.98 Å². The van der Waals surface area contributed by atoms with Crippen LogP contribution in [0.1, 0.15) is 34.6 Å². The Morgan fingerprint density at radius 1 is 1.36 bits per heavy atom. The van der Waals surface area contributed by atoms with Crippen molar-refractivity contribution in [1.82, 2.24) is 4.98 Å². The van der Waals surface area contributed by atoms with E-state index < -0.39 is 11.9 Å². The fourth-order valence-electron chi connectivity index (χ4n) is 0.987. The van der Waals surface area contributed by atoms with E-state index in [1.807, 2.05) is 0 Å². The molecule has 0 aromatic carbocycles. The number of aromatic carboxylic acids is 1. The summed E-state index contributed by atoms with van der Waals surface area (Å²) in [4.78, 5) is 24.5. The van der Waals surface area contributed by atoms with Crippen LogP contribution in [-0.4, -0.2) is 28.1 Å². The first-order valence-corrected chi connectivity index (χ1v) is 4.13. The van der Waals surface area contributed by atoms with E-state index in [1.54, 1.807) is 13.8 Å². The van der Waals surface area contributed by atoms with Gasteiger partial charge in [-0.2, -0.15) is 0 Å². The molecule has 0 atom stereocenters. The zero-order chi connectivity index (χ0) is 10.7. The summed E-state index contributed by atoms with van der Waals surface area (Å²) in [5, 5.41) is 8.71. The predicted molar refractivity (Wildman–Crippen MR) is 48.3 cm³/mol. The van der Waals surface area contributed by atoms with Crippen LogP contribution >= 0.6 is 0 Å². The first-order valence-electron chi connectivity index (χ1n) is 4.13. The SMILES string of the molecule is CC(C)OC(=O)c1c[nH]cc1C(=O)O. The third-order valence-electron chi connectivity index (χ3n) is 1.54. The third kappa shape index (κ3) is 2.12. The molecule has 1 aromatic heterocycles. The minimum Gasteiger partial charge on any atom is -0.478 e. The first-order chi connectivity index (χ1) is 6.52. The molecule has 14 heavy (non-hydrogen) atoms. The lowest BCUT2D eigenvalue weighted by Crippen LogP contribution is -2.13. The van der Waals surface area contributed by atoms with Crippen LogP contribution in [0.5, 0.6) is 0 Å². The Bertz CT molecular complexity index is 353. The van der Waals surface area contributed by atoms with E-state index in [4.69, 9.17) is 9.84 Å². The van der Waals surface area contributed by atoms with E-state index in [0.717, 1.165) is 0 Å². The summed E-state index contributed by atoms with van der Waals surface area (Å²) in [5.41, 5.74) is -0.0261. The molecule has 0 aliphatic heterocycles. The molecule has 1 aromatic rings. The number of carboxylic acids is 1. The molecular formula is C9H11NO4. The Morgan fingerprint density at radius 2 is 1.93 bits per heavy atom. The summed E-state index contributed by atoms with van der Waals surface area (Å²) in [6.07, 6.45) is 2.30. The van der Waals surface area contributed by atoms with E-state index in [-0.39, 0.29) is 17.2 Å². The molecule has 5 heteroatoms. The van der Waals surface area contributed by atoms with Gasteiger partial charge in [-0.05, 0) is 13.8 Å². The lowest BCUT2D eigenvalue weighted by atomic mass is 10.2. The standard InChI is InChI=1S/C9H11NO4/c1-5(2)14-9(13)7-4-10-3-6(7)8(11)12/h3-5,10H,1-2H3,(H,11,12). The number of carbonyl (C=O) groups excluding carboxylic acids is 1. The second-order valence-electron chi connectivity index (χ2n) is 3.04. The van der Waals surface area contributed by atoms with E-state index in [1.165, 1.54) is 12.4 Å². The van der Waals surface area contributed by atoms with Crippen molar-refractivity contribution in [3.63, 3.8) is 0 Å². The van der Waals surface area contributed by atoms with Crippen molar-refractivity contribution < 1.29 is 19.4 Å². The minimum absolute atomic E-state index is 0.0474. The van der Waals surface area contributed by atoms with Gasteiger partial charge in [0.1, 0.15) is 0 Å². The summed E-state index contributed by atoms with van der Waals surface area (Å²) >= 11 is 0. The molecule has 0 aliphatic rings. The Labute approximate surface area is 80.7 Å². The van der Waals surface area contributed by atoms with Gasteiger partial charge in [0.05, 0.1) is 17.2 Å². The number of aromatic nitrogens is 1. The minimum atomic E-state index is -1.15. The molecule has 0 unspecified atom stereocenters. The Balaban J connectivity index is 2.90. The molecule has 1 heterocycles. The Hall–Kier alpha value is -1.78. The van der Waals surface area contributed by atoms with Gasteiger partial charge in [-0.1, -0.05) is 0 Å². The highest BCUT2D eigenvalue weighted by atomic mass is 16.5. The number of H-pyrrole nitrogens is 1. The smallest absolute Gasteiger partial charge is 0.340 e. The summed E-state index contributed by atoms with van der Waals surface area (Å²) < 4.78 is 4.86. The Morgan fingerprint density at radius 3 is 2.43 bits per heavy atom. The molecule has 1 rings (SSSR count). The molecule has 0 spiro atoms. The van der Waals surface area contributed by atoms with Gasteiger partial charge in [0.15, 0.2) is 0 Å². The molecule has 0 fully saturated rings. The highest BCUT2D eigenvalue weighted by molar-refractivity contribution is 6.02. The molecule has 0 bridgehead atoms. The average molecular weight is 197 g/mol. The number of hydrogen-bond donors (Lipinski definition) is 2. The number of carbonyl (C=O) groups is 2. The molecule has 2 N–H and O–H groups in total. The van der Waals surface area contributed by atoms with Crippen molar-refractivity contribution in [3.05, 3.63) is 23.5 Å². The number of aromatic amines is 1. The van der Waals surface area contributed by atoms with Gasteiger partial charge < -0.3 is 14.8 Å². The molecule has 0 amide bonds. The fourth-order valence-corrected chi connectivity index (χ4v) is 0.987. The lowest BCUT2D eigenvalue weighted by molar-refractivity contribution is 0.0371. The quantitative estimate of drug-likeness (QED) is 0.715. The topological polar surface area (TPSA) is 79.4 Å². The lowest BCUT2D eigenvalue weighted by Gasteiger charge is -2.06. The zero-order valence-electron chi connectivity index (χ0n) is 7.90. The maximum atomic E-state index is 11.3. The van der Waals surface area contributed by atoms with Crippen LogP contribution in [0.15, 0.2) is 12.4 Å². The van der Waals surface area contributed by atoms with Crippen molar-refractivity contribution in [1.29, 1.82) is 0 Å². The van der Waals surface area contributed by atoms with Gasteiger partial charge in [-0.25, -0.2) is 9.59 Å². The van der Waals surface area contributed by atoms with Crippen molar-refractivity contribution in [2.45, 2.75) is 20.0 Å². The summed E-state index contributed by atoms with van der Waals surface area (Å²) in [5.74, 6) is -1.78. The largest absolute Gasteiger partial charge is 0.478 e. The summed E-state index contributed by atoms with van der Waals surface area (Å²) in [6, 6.07) is 0. The van der Waals surface area contributed by atoms with Crippen LogP contribution in [0.3, 0.4) is 0 Å². The highest BCUT2D eigenvalue weighted by Gasteiger charge is 2.19. The second-order valence-corrected chi connectivity index (χ2v) is 3.04. The van der Waals surface area contributed by atoms with Crippen molar-refractivity contribution in [2.24, 2.45) is 0 Å². The number of ether oxygens (including phenoxy) is 1. The molecule has 76 valence electrons. The molecule has 0 saturated heterocycles. The molecular weight excluding hydrogens is 186 g/mol. The van der Waals surface area contributed by atoms with Gasteiger partial charge in [0.25, 0.3) is 0 Å². The fraction of sp³-hybridized carbons (Fsp3) is 0.333. The van der Waals surface area contributed by atoms with Gasteiger partial charge in [0.2, 0.25) is 0 Å². The third-order valence-corrected chi connectivity index (χ3v) is 1.54. The van der Waals surface area contributed by atoms with Gasteiger partial charge >= 0.3 is 11.9 Å². The van der Waals surface area contributed by atoms with Crippen LogP contribution in [0, 0.1) is 0 Å². The first kappa shape index (κ1) is 10.3. The second kappa shape index (κ2) is 3.95. The molecule has 0 aliphatic carbocycles. The van der Waals surface area contributed by atoms with Crippen molar-refractivity contribution in [3.8, 4) is 0 Å². The van der Waals surface area contributed by atoms with E-state index >= 15 is 0 Å². The van der Waals surface area contributed by atoms with Gasteiger partial charge in [-0.3, -0.25) is 0 Å². The average Bonchev–Trinajstić information content (AvgIpc) is 2.49. The number of esters is 1. The van der Waals surface area contributed by atoms with E-state index in [0.29, 0.717) is 0 Å². The maximum Gasteiger partial charge on any atom is 0.340 e. The van der Waals surface area contributed by atoms with Crippen molar-refractivity contribution in [2.75, 3.05) is 0 Å². The van der Waals surface area contributed by atoms with Gasteiger partial charge in [-0.15, -0.1) is 0 Å². The Kier molecular flexibility index (Phi) is 2.91. The number of rotatable bonds is 3. The maximum absolute atomic E-state index is 11.3. The highest BCUT2D eigenvalue weighted by Crippen LogP contribution is 2.10. The normalized spacial score (nSPS) is 10.2. The van der Waals surface area contributed by atoms with Crippen LogP contribution in [-0.2, 0) is 4.74 Å². The summed E-state index contributed by atoms with van der Waals surface area (Å²) in [6.45, 7) is 3.40. The molecule has 0 radical (unpaired) electrons. The molecule has 5 nitrogen and oxygen atoms in total. The van der Waals surface area contributed by atoms with Crippen LogP contribution < -0.4 is 0 Å². The van der Waals surface area contributed by atoms with Crippen LogP contribution in [0.25, 0.3) is 0 Å². The number of nitrogens with one attached hydrogen (secondary N) is 1. The summed E-state index contributed by atoms with van der Waals surface area (Å²) in [7, 11) is 0. The number of carboxylic acid groups (broad SMARTS) is 1. The van der Waals surface area contributed by atoms with E-state index in [9.17, 15) is 9.59 Å². The zero-order valence-corrected chi connectivity index (χ0v) is 7.90. The van der Waals surface area contributed by atoms with Crippen molar-refractivity contribution >= 4 is 11.9 Å². The number of hydrogen-bond acceptors (Lipinski definition) is 3. The van der Waals surface area contributed by atoms with Crippen LogP contribution in [0.2, 0.25) is 0 Å². The monoisotopic (exact) mass is 197 g/mol. The predicted octanol–water partition coefficient (Wildman–Crippen LogP) is 1.28. The van der Waals surface area contributed by atoms with Crippen LogP contribution in [0.4, 0.5) is 0 Å². The molecule has 0 saturated carbocycles.